The summed E-state index contributed by atoms with van der Waals surface area (Å²) in [6.07, 6.45) is 1.83. The lowest BCUT2D eigenvalue weighted by Crippen LogP contribution is -2.12. The molecule has 1 aliphatic carbocycles. The molecule has 1 atom stereocenters. The first kappa shape index (κ1) is 10.3. The van der Waals surface area contributed by atoms with Crippen LogP contribution >= 0.6 is 0 Å². The normalized spacial score (nSPS) is 22.5. The molecular formula is C13H12O4. The molecule has 1 aliphatic heterocycles. The SMILES string of the molecule is O=C1CCC(Oc2ccc3c(c2)OCC3=O)C1. The molecule has 1 unspecified atom stereocenters. The van der Waals surface area contributed by atoms with E-state index < -0.39 is 0 Å². The molecule has 0 bridgehead atoms. The third-order valence-corrected chi connectivity index (χ3v) is 3.12. The molecule has 1 aromatic carbocycles. The zero-order valence-corrected chi connectivity index (χ0v) is 9.27. The average Bonchev–Trinajstić information content (AvgIpc) is 2.87. The van der Waals surface area contributed by atoms with Gasteiger partial charge in [0.1, 0.15) is 23.4 Å². The number of hydrogen-bond acceptors (Lipinski definition) is 4. The maximum atomic E-state index is 11.4. The molecule has 3 rings (SSSR count). The molecule has 0 radical (unpaired) electrons. The second-order valence-electron chi connectivity index (χ2n) is 4.39. The summed E-state index contributed by atoms with van der Waals surface area (Å²) >= 11 is 0. The fourth-order valence-corrected chi connectivity index (χ4v) is 2.22. The first-order valence-electron chi connectivity index (χ1n) is 5.71. The Hall–Kier alpha value is -1.84. The van der Waals surface area contributed by atoms with Crippen LogP contribution in [0.1, 0.15) is 29.6 Å². The lowest BCUT2D eigenvalue weighted by atomic mass is 10.1. The summed E-state index contributed by atoms with van der Waals surface area (Å²) in [6.45, 7) is 0.112. The molecule has 1 aromatic rings. The molecule has 88 valence electrons. The Kier molecular flexibility index (Phi) is 2.35. The van der Waals surface area contributed by atoms with Crippen molar-refractivity contribution in [3.8, 4) is 11.5 Å². The molecule has 1 saturated carbocycles. The van der Waals surface area contributed by atoms with Crippen molar-refractivity contribution >= 4 is 11.6 Å². The van der Waals surface area contributed by atoms with Crippen molar-refractivity contribution < 1.29 is 19.1 Å². The van der Waals surface area contributed by atoms with Gasteiger partial charge in [-0.05, 0) is 18.6 Å². The van der Waals surface area contributed by atoms with E-state index in [0.29, 0.717) is 29.9 Å². The molecule has 4 heteroatoms. The van der Waals surface area contributed by atoms with E-state index in [-0.39, 0.29) is 24.3 Å². The number of carbonyl (C=O) groups is 2. The van der Waals surface area contributed by atoms with Crippen LogP contribution in [0.2, 0.25) is 0 Å². The fourth-order valence-electron chi connectivity index (χ4n) is 2.22. The summed E-state index contributed by atoms with van der Waals surface area (Å²) < 4.78 is 10.9. The predicted octanol–water partition coefficient (Wildman–Crippen LogP) is 1.76. The van der Waals surface area contributed by atoms with E-state index in [4.69, 9.17) is 9.47 Å². The summed E-state index contributed by atoms with van der Waals surface area (Å²) in [5, 5.41) is 0. The van der Waals surface area contributed by atoms with Gasteiger partial charge in [0.2, 0.25) is 5.78 Å². The van der Waals surface area contributed by atoms with Crippen LogP contribution in [0.25, 0.3) is 0 Å². The van der Waals surface area contributed by atoms with Crippen LogP contribution in [0.4, 0.5) is 0 Å². The lowest BCUT2D eigenvalue weighted by molar-refractivity contribution is -0.117. The second-order valence-corrected chi connectivity index (χ2v) is 4.39. The standard InChI is InChI=1S/C13H12O4/c14-8-1-2-9(5-8)17-10-3-4-11-12(15)7-16-13(11)6-10/h3-4,6,9H,1-2,5,7H2. The van der Waals surface area contributed by atoms with Gasteiger partial charge in [0.05, 0.1) is 5.56 Å². The Morgan fingerprint density at radius 2 is 2.18 bits per heavy atom. The van der Waals surface area contributed by atoms with E-state index >= 15 is 0 Å². The average molecular weight is 232 g/mol. The molecule has 1 heterocycles. The maximum Gasteiger partial charge on any atom is 0.203 e. The second kappa shape index (κ2) is 3.87. The number of ether oxygens (including phenoxy) is 2. The van der Waals surface area contributed by atoms with Crippen molar-refractivity contribution in [2.45, 2.75) is 25.4 Å². The summed E-state index contributed by atoms with van der Waals surface area (Å²) in [5.74, 6) is 1.50. The number of rotatable bonds is 2. The number of Topliss-reactive ketones (excluding diaryl/α,β-unsaturated/α-hetero) is 2. The topological polar surface area (TPSA) is 52.6 Å². The first-order chi connectivity index (χ1) is 8.22. The van der Waals surface area contributed by atoms with Gasteiger partial charge < -0.3 is 9.47 Å². The molecule has 4 nitrogen and oxygen atoms in total. The van der Waals surface area contributed by atoms with Crippen molar-refractivity contribution in [1.82, 2.24) is 0 Å². The van der Waals surface area contributed by atoms with Crippen LogP contribution < -0.4 is 9.47 Å². The number of benzene rings is 1. The highest BCUT2D eigenvalue weighted by molar-refractivity contribution is 6.02. The summed E-state index contributed by atoms with van der Waals surface area (Å²) in [5.41, 5.74) is 0.611. The van der Waals surface area contributed by atoms with E-state index in [1.54, 1.807) is 18.2 Å². The third kappa shape index (κ3) is 1.90. The van der Waals surface area contributed by atoms with Crippen LogP contribution in [0.5, 0.6) is 11.5 Å². The number of carbonyl (C=O) groups excluding carboxylic acids is 2. The smallest absolute Gasteiger partial charge is 0.203 e. The summed E-state index contributed by atoms with van der Waals surface area (Å²) in [6, 6.07) is 5.20. The Morgan fingerprint density at radius 3 is 2.94 bits per heavy atom. The van der Waals surface area contributed by atoms with E-state index in [1.165, 1.54) is 0 Å². The Morgan fingerprint density at radius 1 is 1.29 bits per heavy atom. The van der Waals surface area contributed by atoms with Crippen molar-refractivity contribution in [3.63, 3.8) is 0 Å². The fraction of sp³-hybridized carbons (Fsp3) is 0.385. The molecule has 2 aliphatic rings. The molecule has 0 aromatic heterocycles. The van der Waals surface area contributed by atoms with E-state index in [2.05, 4.69) is 0 Å². The highest BCUT2D eigenvalue weighted by Gasteiger charge is 2.25. The van der Waals surface area contributed by atoms with Crippen molar-refractivity contribution in [1.29, 1.82) is 0 Å². The number of hydrogen-bond donors (Lipinski definition) is 0. The minimum absolute atomic E-state index is 0.00240. The van der Waals surface area contributed by atoms with Gasteiger partial charge >= 0.3 is 0 Å². The van der Waals surface area contributed by atoms with Gasteiger partial charge in [-0.15, -0.1) is 0 Å². The van der Waals surface area contributed by atoms with Crippen molar-refractivity contribution in [2.24, 2.45) is 0 Å². The van der Waals surface area contributed by atoms with Gasteiger partial charge in [0, 0.05) is 18.9 Å². The van der Waals surface area contributed by atoms with Crippen molar-refractivity contribution in [2.75, 3.05) is 6.61 Å². The van der Waals surface area contributed by atoms with Gasteiger partial charge in [-0.3, -0.25) is 9.59 Å². The lowest BCUT2D eigenvalue weighted by Gasteiger charge is -2.12. The Balaban J connectivity index is 1.76. The van der Waals surface area contributed by atoms with Gasteiger partial charge in [0.15, 0.2) is 6.61 Å². The van der Waals surface area contributed by atoms with Gasteiger partial charge in [-0.25, -0.2) is 0 Å². The monoisotopic (exact) mass is 232 g/mol. The highest BCUT2D eigenvalue weighted by atomic mass is 16.5. The summed E-state index contributed by atoms with van der Waals surface area (Å²) in [7, 11) is 0. The van der Waals surface area contributed by atoms with E-state index in [0.717, 1.165) is 6.42 Å². The van der Waals surface area contributed by atoms with Gasteiger partial charge in [-0.1, -0.05) is 0 Å². The number of ketones is 2. The van der Waals surface area contributed by atoms with Gasteiger partial charge in [0.25, 0.3) is 0 Å². The summed E-state index contributed by atoms with van der Waals surface area (Å²) in [4.78, 5) is 22.5. The van der Waals surface area contributed by atoms with E-state index in [1.807, 2.05) is 0 Å². The largest absolute Gasteiger partial charge is 0.490 e. The Bertz CT molecular complexity index is 492. The van der Waals surface area contributed by atoms with Crippen LogP contribution in [0, 0.1) is 0 Å². The van der Waals surface area contributed by atoms with Crippen LogP contribution in [-0.4, -0.2) is 24.3 Å². The van der Waals surface area contributed by atoms with Crippen molar-refractivity contribution in [3.05, 3.63) is 23.8 Å². The molecule has 1 fully saturated rings. The van der Waals surface area contributed by atoms with E-state index in [9.17, 15) is 9.59 Å². The molecular weight excluding hydrogens is 220 g/mol. The Labute approximate surface area is 98.5 Å². The molecule has 0 amide bonds. The van der Waals surface area contributed by atoms with Crippen LogP contribution in [-0.2, 0) is 4.79 Å². The minimum Gasteiger partial charge on any atom is -0.490 e. The first-order valence-corrected chi connectivity index (χ1v) is 5.71. The number of fused-ring (bicyclic) bond motifs is 1. The molecule has 0 spiro atoms. The molecule has 0 saturated heterocycles. The third-order valence-electron chi connectivity index (χ3n) is 3.12. The quantitative estimate of drug-likeness (QED) is 0.779. The zero-order chi connectivity index (χ0) is 11.8. The zero-order valence-electron chi connectivity index (χ0n) is 9.27. The van der Waals surface area contributed by atoms with Crippen LogP contribution in [0.15, 0.2) is 18.2 Å². The molecule has 17 heavy (non-hydrogen) atoms. The molecule has 0 N–H and O–H groups in total. The minimum atomic E-state index is -0.0299. The van der Waals surface area contributed by atoms with Crippen LogP contribution in [0.3, 0.4) is 0 Å². The highest BCUT2D eigenvalue weighted by Crippen LogP contribution is 2.31. The predicted molar refractivity (Wildman–Crippen MR) is 59.5 cm³/mol. The van der Waals surface area contributed by atoms with Gasteiger partial charge in [-0.2, -0.15) is 0 Å². The maximum absolute atomic E-state index is 11.4.